The number of benzene rings is 1. The van der Waals surface area contributed by atoms with Gasteiger partial charge in [-0.25, -0.2) is 0 Å². The third-order valence-corrected chi connectivity index (χ3v) is 3.27. The second-order valence-electron chi connectivity index (χ2n) is 4.73. The Balaban J connectivity index is 2.01. The third kappa shape index (κ3) is 2.83. The normalized spacial score (nSPS) is 25.6. The molecule has 1 saturated heterocycles. The molecule has 1 aromatic carbocycles. The molecule has 1 heterocycles. The Kier molecular flexibility index (Phi) is 3.62. The van der Waals surface area contributed by atoms with Crippen LogP contribution in [0.2, 0.25) is 0 Å². The summed E-state index contributed by atoms with van der Waals surface area (Å²) in [6.45, 7) is 3.41. The topological polar surface area (TPSA) is 29.5 Å². The number of aryl methyl sites for hydroxylation is 1. The molecule has 1 aliphatic heterocycles. The Morgan fingerprint density at radius 3 is 2.50 bits per heavy atom. The quantitative estimate of drug-likeness (QED) is 0.847. The maximum Gasteiger partial charge on any atom is 0.0921 e. The van der Waals surface area contributed by atoms with Crippen molar-refractivity contribution >= 4 is 0 Å². The molecule has 88 valence electrons. The van der Waals surface area contributed by atoms with Crippen LogP contribution in [0.1, 0.15) is 30.9 Å². The first-order valence-electron chi connectivity index (χ1n) is 6.10. The van der Waals surface area contributed by atoms with E-state index in [1.807, 2.05) is 0 Å². The van der Waals surface area contributed by atoms with Gasteiger partial charge in [0.1, 0.15) is 0 Å². The van der Waals surface area contributed by atoms with Crippen molar-refractivity contribution in [1.82, 2.24) is 0 Å². The summed E-state index contributed by atoms with van der Waals surface area (Å²) in [5.74, 6) is 0. The van der Waals surface area contributed by atoms with Crippen LogP contribution in [0.25, 0.3) is 0 Å². The molecule has 0 aromatic heterocycles. The summed E-state index contributed by atoms with van der Waals surface area (Å²) < 4.78 is 5.35. The molecule has 2 nitrogen and oxygen atoms in total. The van der Waals surface area contributed by atoms with Crippen molar-refractivity contribution < 1.29 is 9.84 Å². The Morgan fingerprint density at radius 2 is 1.94 bits per heavy atom. The molecular formula is C14H20O2. The van der Waals surface area contributed by atoms with Crippen molar-refractivity contribution in [2.24, 2.45) is 0 Å². The minimum atomic E-state index is -0.647. The monoisotopic (exact) mass is 220 g/mol. The van der Waals surface area contributed by atoms with Gasteiger partial charge < -0.3 is 9.84 Å². The van der Waals surface area contributed by atoms with Crippen LogP contribution in [0.5, 0.6) is 0 Å². The van der Waals surface area contributed by atoms with E-state index in [9.17, 15) is 5.11 Å². The summed E-state index contributed by atoms with van der Waals surface area (Å²) in [6.07, 6.45) is 3.58. The minimum absolute atomic E-state index is 0.475. The first-order chi connectivity index (χ1) is 7.72. The summed E-state index contributed by atoms with van der Waals surface area (Å²) in [7, 11) is 0. The molecule has 0 saturated carbocycles. The summed E-state index contributed by atoms with van der Waals surface area (Å²) in [5, 5.41) is 10.3. The van der Waals surface area contributed by atoms with Crippen LogP contribution in [0.3, 0.4) is 0 Å². The number of aliphatic hydroxyl groups is 1. The van der Waals surface area contributed by atoms with Gasteiger partial charge >= 0.3 is 0 Å². The van der Waals surface area contributed by atoms with Gasteiger partial charge in [0.05, 0.1) is 12.2 Å². The molecule has 2 rings (SSSR count). The van der Waals surface area contributed by atoms with Gasteiger partial charge in [-0.3, -0.25) is 0 Å². The molecule has 16 heavy (non-hydrogen) atoms. The van der Waals surface area contributed by atoms with E-state index in [1.54, 1.807) is 0 Å². The predicted octanol–water partition coefficient (Wildman–Crippen LogP) is 2.33. The molecule has 1 unspecified atom stereocenters. The largest absolute Gasteiger partial charge is 0.387 e. The van der Waals surface area contributed by atoms with Gasteiger partial charge in [0.15, 0.2) is 0 Å². The van der Waals surface area contributed by atoms with Gasteiger partial charge in [0.25, 0.3) is 0 Å². The predicted molar refractivity (Wildman–Crippen MR) is 64.5 cm³/mol. The molecule has 1 fully saturated rings. The van der Waals surface area contributed by atoms with Crippen molar-refractivity contribution in [3.63, 3.8) is 0 Å². The zero-order valence-corrected chi connectivity index (χ0v) is 9.91. The van der Waals surface area contributed by atoms with Crippen LogP contribution < -0.4 is 0 Å². The molecule has 0 aliphatic carbocycles. The molecule has 0 radical (unpaired) electrons. The molecule has 1 N–H and O–H groups in total. The van der Waals surface area contributed by atoms with Crippen LogP contribution >= 0.6 is 0 Å². The second-order valence-corrected chi connectivity index (χ2v) is 4.73. The van der Waals surface area contributed by atoms with E-state index in [0.29, 0.717) is 13.0 Å². The fourth-order valence-corrected chi connectivity index (χ4v) is 2.25. The molecule has 1 aromatic rings. The van der Waals surface area contributed by atoms with Crippen molar-refractivity contribution in [1.29, 1.82) is 0 Å². The Bertz CT molecular complexity index is 323. The van der Waals surface area contributed by atoms with Gasteiger partial charge in [0, 0.05) is 13.0 Å². The van der Waals surface area contributed by atoms with Crippen LogP contribution in [0, 0.1) is 0 Å². The summed E-state index contributed by atoms with van der Waals surface area (Å²) >= 11 is 0. The Labute approximate surface area is 97.3 Å². The van der Waals surface area contributed by atoms with Crippen molar-refractivity contribution in [3.05, 3.63) is 35.4 Å². The molecule has 1 atom stereocenters. The molecule has 0 spiro atoms. The number of ether oxygens (including phenoxy) is 1. The van der Waals surface area contributed by atoms with Gasteiger partial charge in [0.2, 0.25) is 0 Å². The average molecular weight is 220 g/mol. The maximum absolute atomic E-state index is 10.3. The molecule has 0 amide bonds. The first-order valence-corrected chi connectivity index (χ1v) is 6.10. The lowest BCUT2D eigenvalue weighted by Gasteiger charge is -2.32. The average Bonchev–Trinajstić information content (AvgIpc) is 2.30. The van der Waals surface area contributed by atoms with E-state index in [2.05, 4.69) is 31.2 Å². The standard InChI is InChI=1S/C14H20O2/c1-2-12-4-6-13(7-5-12)10-14(15)8-3-9-16-11-14/h4-7,15H,2-3,8-11H2,1H3. The first kappa shape index (κ1) is 11.6. The van der Waals surface area contributed by atoms with Gasteiger partial charge in [-0.2, -0.15) is 0 Å². The smallest absolute Gasteiger partial charge is 0.0921 e. The highest BCUT2D eigenvalue weighted by Crippen LogP contribution is 2.23. The number of hydrogen-bond donors (Lipinski definition) is 1. The van der Waals surface area contributed by atoms with E-state index in [0.717, 1.165) is 25.9 Å². The fourth-order valence-electron chi connectivity index (χ4n) is 2.25. The Hall–Kier alpha value is -0.860. The van der Waals surface area contributed by atoms with Crippen molar-refractivity contribution in [3.8, 4) is 0 Å². The van der Waals surface area contributed by atoms with E-state index < -0.39 is 5.60 Å². The van der Waals surface area contributed by atoms with Gasteiger partial charge in [-0.05, 0) is 30.4 Å². The van der Waals surface area contributed by atoms with E-state index in [1.165, 1.54) is 11.1 Å². The summed E-state index contributed by atoms with van der Waals surface area (Å²) in [5.41, 5.74) is 1.90. The van der Waals surface area contributed by atoms with Crippen LogP contribution in [0.4, 0.5) is 0 Å². The molecule has 1 aliphatic rings. The zero-order valence-electron chi connectivity index (χ0n) is 9.91. The highest BCUT2D eigenvalue weighted by molar-refractivity contribution is 5.23. The molecular weight excluding hydrogens is 200 g/mol. The lowest BCUT2D eigenvalue weighted by molar-refractivity contribution is -0.0844. The second kappa shape index (κ2) is 4.98. The summed E-state index contributed by atoms with van der Waals surface area (Å²) in [6, 6.07) is 8.52. The van der Waals surface area contributed by atoms with E-state index in [4.69, 9.17) is 4.74 Å². The van der Waals surface area contributed by atoms with Crippen LogP contribution in [-0.4, -0.2) is 23.9 Å². The van der Waals surface area contributed by atoms with Gasteiger partial charge in [-0.15, -0.1) is 0 Å². The van der Waals surface area contributed by atoms with Crippen molar-refractivity contribution in [2.45, 2.75) is 38.2 Å². The Morgan fingerprint density at radius 1 is 1.25 bits per heavy atom. The molecule has 2 heteroatoms. The molecule has 0 bridgehead atoms. The third-order valence-electron chi connectivity index (χ3n) is 3.27. The van der Waals surface area contributed by atoms with Crippen LogP contribution in [-0.2, 0) is 17.6 Å². The lowest BCUT2D eigenvalue weighted by Crippen LogP contribution is -2.40. The number of hydrogen-bond acceptors (Lipinski definition) is 2. The van der Waals surface area contributed by atoms with Gasteiger partial charge in [-0.1, -0.05) is 31.2 Å². The maximum atomic E-state index is 10.3. The minimum Gasteiger partial charge on any atom is -0.387 e. The fraction of sp³-hybridized carbons (Fsp3) is 0.571. The van der Waals surface area contributed by atoms with Crippen molar-refractivity contribution in [2.75, 3.05) is 13.2 Å². The SMILES string of the molecule is CCc1ccc(CC2(O)CCCOC2)cc1. The van der Waals surface area contributed by atoms with E-state index >= 15 is 0 Å². The highest BCUT2D eigenvalue weighted by atomic mass is 16.5. The summed E-state index contributed by atoms with van der Waals surface area (Å²) in [4.78, 5) is 0. The lowest BCUT2D eigenvalue weighted by atomic mass is 9.89. The highest BCUT2D eigenvalue weighted by Gasteiger charge is 2.30. The number of rotatable bonds is 3. The van der Waals surface area contributed by atoms with E-state index in [-0.39, 0.29) is 0 Å². The van der Waals surface area contributed by atoms with Crippen LogP contribution in [0.15, 0.2) is 24.3 Å². The zero-order chi connectivity index (χ0) is 11.4.